The summed E-state index contributed by atoms with van der Waals surface area (Å²) in [6, 6.07) is 81.0. The lowest BCUT2D eigenvalue weighted by Crippen LogP contribution is -1.96. The first-order valence-corrected chi connectivity index (χ1v) is 21.6. The summed E-state index contributed by atoms with van der Waals surface area (Å²) in [5.74, 6) is 0.696. The molecule has 0 saturated heterocycles. The zero-order valence-corrected chi connectivity index (χ0v) is 34.2. The van der Waals surface area contributed by atoms with Crippen LogP contribution in [0.4, 0.5) is 0 Å². The number of rotatable bonds is 5. The minimum absolute atomic E-state index is 0.696. The summed E-state index contributed by atoms with van der Waals surface area (Å²) in [7, 11) is 0. The summed E-state index contributed by atoms with van der Waals surface area (Å²) < 4.78 is 2.45. The third kappa shape index (κ3) is 5.67. The lowest BCUT2D eigenvalue weighted by atomic mass is 9.88. The molecule has 0 aliphatic carbocycles. The molecule has 3 heteroatoms. The van der Waals surface area contributed by atoms with E-state index in [9.17, 15) is 0 Å². The Labute approximate surface area is 363 Å². The van der Waals surface area contributed by atoms with Gasteiger partial charge in [-0.15, -0.1) is 0 Å². The Morgan fingerprint density at radius 1 is 0.302 bits per heavy atom. The summed E-state index contributed by atoms with van der Waals surface area (Å²) in [4.78, 5) is 10.5. The largest absolute Gasteiger partial charge is 0.309 e. The van der Waals surface area contributed by atoms with Crippen molar-refractivity contribution in [3.63, 3.8) is 0 Å². The van der Waals surface area contributed by atoms with Crippen LogP contribution in [0.1, 0.15) is 0 Å². The van der Waals surface area contributed by atoms with E-state index in [-0.39, 0.29) is 0 Å². The average Bonchev–Trinajstić information content (AvgIpc) is 3.71. The van der Waals surface area contributed by atoms with Crippen molar-refractivity contribution in [2.45, 2.75) is 0 Å². The molecule has 0 saturated carbocycles. The van der Waals surface area contributed by atoms with Gasteiger partial charge in [0.05, 0.1) is 22.4 Å². The van der Waals surface area contributed by atoms with Crippen LogP contribution < -0.4 is 0 Å². The lowest BCUT2D eigenvalue weighted by molar-refractivity contribution is 1.18. The van der Waals surface area contributed by atoms with Crippen molar-refractivity contribution < 1.29 is 0 Å². The summed E-state index contributed by atoms with van der Waals surface area (Å²) in [5.41, 5.74) is 10.8. The number of benzene rings is 11. The van der Waals surface area contributed by atoms with Crippen molar-refractivity contribution in [3.05, 3.63) is 224 Å². The number of para-hydroxylation sites is 2. The summed E-state index contributed by atoms with van der Waals surface area (Å²) in [6.07, 6.45) is 0. The fourth-order valence-corrected chi connectivity index (χ4v) is 9.98. The number of aromatic nitrogens is 3. The van der Waals surface area contributed by atoms with Crippen LogP contribution in [-0.2, 0) is 0 Å². The average molecular weight is 800 g/mol. The first-order chi connectivity index (χ1) is 31.2. The van der Waals surface area contributed by atoms with Gasteiger partial charge in [0.15, 0.2) is 5.82 Å². The Hall–Kier alpha value is -8.40. The second kappa shape index (κ2) is 14.1. The van der Waals surface area contributed by atoms with E-state index in [1.54, 1.807) is 0 Å². The van der Waals surface area contributed by atoms with E-state index in [0.29, 0.717) is 5.82 Å². The van der Waals surface area contributed by atoms with E-state index in [0.717, 1.165) is 39.3 Å². The molecule has 0 aliphatic rings. The monoisotopic (exact) mass is 799 g/mol. The van der Waals surface area contributed by atoms with Gasteiger partial charge in [-0.25, -0.2) is 9.97 Å². The highest BCUT2D eigenvalue weighted by molar-refractivity contribution is 6.38. The van der Waals surface area contributed by atoms with E-state index in [2.05, 4.69) is 229 Å². The molecule has 0 fully saturated rings. The minimum atomic E-state index is 0.696. The molecule has 0 unspecified atom stereocenters. The van der Waals surface area contributed by atoms with Gasteiger partial charge in [-0.3, -0.25) is 0 Å². The van der Waals surface area contributed by atoms with Crippen LogP contribution in [0, 0.1) is 0 Å². The number of hydrogen-bond donors (Lipinski definition) is 0. The quantitative estimate of drug-likeness (QED) is 0.162. The third-order valence-corrected chi connectivity index (χ3v) is 12.9. The molecule has 0 aliphatic heterocycles. The number of nitrogens with zero attached hydrogens (tertiary/aromatic N) is 3. The van der Waals surface area contributed by atoms with Gasteiger partial charge in [-0.1, -0.05) is 182 Å². The van der Waals surface area contributed by atoms with Gasteiger partial charge in [0.25, 0.3) is 0 Å². The van der Waals surface area contributed by atoms with Gasteiger partial charge in [0.1, 0.15) is 0 Å². The molecule has 0 spiro atoms. The van der Waals surface area contributed by atoms with Crippen molar-refractivity contribution in [2.24, 2.45) is 0 Å². The summed E-state index contributed by atoms with van der Waals surface area (Å²) in [6.45, 7) is 0. The maximum Gasteiger partial charge on any atom is 0.160 e. The smallest absolute Gasteiger partial charge is 0.160 e. The molecule has 0 N–H and O–H groups in total. The third-order valence-electron chi connectivity index (χ3n) is 12.9. The minimum Gasteiger partial charge on any atom is -0.309 e. The second-order valence-corrected chi connectivity index (χ2v) is 16.5. The maximum absolute atomic E-state index is 5.26. The van der Waals surface area contributed by atoms with Gasteiger partial charge < -0.3 is 4.57 Å². The van der Waals surface area contributed by atoms with E-state index in [1.165, 1.54) is 81.2 Å². The molecule has 292 valence electrons. The van der Waals surface area contributed by atoms with E-state index >= 15 is 0 Å². The van der Waals surface area contributed by atoms with Crippen molar-refractivity contribution in [1.29, 1.82) is 0 Å². The van der Waals surface area contributed by atoms with Crippen LogP contribution in [0.5, 0.6) is 0 Å². The molecular weight excluding hydrogens is 763 g/mol. The van der Waals surface area contributed by atoms with Crippen LogP contribution in [0.2, 0.25) is 0 Å². The fourth-order valence-electron chi connectivity index (χ4n) is 9.98. The zero-order valence-electron chi connectivity index (χ0n) is 34.2. The molecule has 13 aromatic rings. The second-order valence-electron chi connectivity index (χ2n) is 16.5. The Bertz CT molecular complexity index is 3860. The van der Waals surface area contributed by atoms with Gasteiger partial charge in [0, 0.05) is 43.9 Å². The zero-order chi connectivity index (χ0) is 41.4. The van der Waals surface area contributed by atoms with Crippen LogP contribution in [0.25, 0.3) is 126 Å². The van der Waals surface area contributed by atoms with Gasteiger partial charge in [0.2, 0.25) is 0 Å². The lowest BCUT2D eigenvalue weighted by Gasteiger charge is -2.16. The first kappa shape index (κ1) is 35.4. The van der Waals surface area contributed by atoms with Crippen LogP contribution in [0.3, 0.4) is 0 Å². The molecular formula is C60H37N3. The van der Waals surface area contributed by atoms with Gasteiger partial charge in [-0.2, -0.15) is 0 Å². The topological polar surface area (TPSA) is 30.7 Å². The number of fused-ring (bicyclic) bond motifs is 12. The molecule has 11 aromatic carbocycles. The summed E-state index contributed by atoms with van der Waals surface area (Å²) >= 11 is 0. The molecule has 0 amide bonds. The SMILES string of the molecule is c1ccc(-n2c3ccccc3c3c4c5ccccc5c(-c5ccc(-c6nc(-c7ccc8ccccc8c7)cc(-c7ccc8ccccc8c7)n6)cc5)cc4c4ccccc4c32)cc1. The van der Waals surface area contributed by atoms with Crippen LogP contribution >= 0.6 is 0 Å². The standard InChI is InChI=1S/C60H37N3/c1-2-18-46(19-3-1)63-56-25-13-12-24-51(56)58-57-49-22-10-8-20-47(49)52(36-53(57)48-21-9-11-23-50(48)59(58)63)40-28-30-41(31-29-40)60-61-54(44-32-26-38-14-4-6-16-42(38)34-44)37-55(62-60)45-33-27-39-15-5-7-17-43(39)35-45/h1-37H. The summed E-state index contributed by atoms with van der Waals surface area (Å²) in [5, 5.41) is 14.8. The number of hydrogen-bond acceptors (Lipinski definition) is 2. The predicted octanol–water partition coefficient (Wildman–Crippen LogP) is 16.0. The molecule has 0 radical (unpaired) electrons. The Morgan fingerprint density at radius 3 is 1.48 bits per heavy atom. The molecule has 0 atom stereocenters. The highest BCUT2D eigenvalue weighted by atomic mass is 15.0. The normalized spacial score (nSPS) is 11.8. The van der Waals surface area contributed by atoms with E-state index in [4.69, 9.17) is 9.97 Å². The van der Waals surface area contributed by atoms with E-state index in [1.807, 2.05) is 0 Å². The van der Waals surface area contributed by atoms with Crippen molar-refractivity contribution >= 4 is 75.7 Å². The van der Waals surface area contributed by atoms with Gasteiger partial charge in [-0.05, 0) is 96.7 Å². The van der Waals surface area contributed by atoms with Crippen molar-refractivity contribution in [2.75, 3.05) is 0 Å². The molecule has 2 heterocycles. The van der Waals surface area contributed by atoms with Crippen LogP contribution in [0.15, 0.2) is 224 Å². The van der Waals surface area contributed by atoms with Crippen LogP contribution in [-0.4, -0.2) is 14.5 Å². The predicted molar refractivity (Wildman–Crippen MR) is 266 cm³/mol. The maximum atomic E-state index is 5.26. The highest BCUT2D eigenvalue weighted by Crippen LogP contribution is 2.47. The molecule has 63 heavy (non-hydrogen) atoms. The fraction of sp³-hybridized carbons (Fsp3) is 0. The Kier molecular flexibility index (Phi) is 7.91. The van der Waals surface area contributed by atoms with E-state index < -0.39 is 0 Å². The molecule has 0 bridgehead atoms. The van der Waals surface area contributed by atoms with Gasteiger partial charge >= 0.3 is 0 Å². The molecule has 2 aromatic heterocycles. The molecule has 13 rings (SSSR count). The Morgan fingerprint density at radius 2 is 0.810 bits per heavy atom. The highest BCUT2D eigenvalue weighted by Gasteiger charge is 2.22. The van der Waals surface area contributed by atoms with Crippen molar-refractivity contribution in [3.8, 4) is 50.7 Å². The first-order valence-electron chi connectivity index (χ1n) is 21.6. The van der Waals surface area contributed by atoms with Crippen molar-refractivity contribution in [1.82, 2.24) is 14.5 Å². The Balaban J connectivity index is 1.01. The molecule has 3 nitrogen and oxygen atoms in total.